The summed E-state index contributed by atoms with van der Waals surface area (Å²) in [5.41, 5.74) is -0.730. The van der Waals surface area contributed by atoms with Gasteiger partial charge in [0.05, 0.1) is 49.4 Å². The van der Waals surface area contributed by atoms with Crippen LogP contribution in [0.25, 0.3) is 22.1 Å². The number of hydrogen-bond acceptors (Lipinski definition) is 23. The summed E-state index contributed by atoms with van der Waals surface area (Å²) in [5, 5.41) is 17.5. The highest BCUT2D eigenvalue weighted by atomic mass is 35.5. The Morgan fingerprint density at radius 1 is 0.626 bits per heavy atom. The molecule has 10 rings (SSSR count). The molecule has 0 radical (unpaired) electrons. The summed E-state index contributed by atoms with van der Waals surface area (Å²) in [4.78, 5) is 60.8. The first-order valence-corrected chi connectivity index (χ1v) is 37.2. The lowest BCUT2D eigenvalue weighted by Crippen LogP contribution is -2.43. The fourth-order valence-electron chi connectivity index (χ4n) is 12.4. The van der Waals surface area contributed by atoms with Crippen LogP contribution in [0.3, 0.4) is 0 Å². The minimum atomic E-state index is -2.97. The number of esters is 1. The number of carbonyl (C=O) groups excluding carboxylic acids is 3. The van der Waals surface area contributed by atoms with Crippen LogP contribution >= 0.6 is 37.5 Å². The molecule has 91 heavy (non-hydrogen) atoms. The van der Waals surface area contributed by atoms with Gasteiger partial charge < -0.3 is 66.3 Å². The van der Waals surface area contributed by atoms with Crippen LogP contribution in [0.15, 0.2) is 12.4 Å². The lowest BCUT2D eigenvalue weighted by molar-refractivity contribution is -0.205. The van der Waals surface area contributed by atoms with Crippen molar-refractivity contribution in [2.24, 2.45) is 0 Å². The van der Waals surface area contributed by atoms with Gasteiger partial charge in [-0.1, -0.05) is 25.7 Å². The van der Waals surface area contributed by atoms with E-state index in [9.17, 15) is 28.6 Å². The number of amides is 2. The second-order valence-electron chi connectivity index (χ2n) is 28.3. The van der Waals surface area contributed by atoms with Crippen LogP contribution in [0.2, 0.25) is 10.6 Å². The van der Waals surface area contributed by atoms with Crippen molar-refractivity contribution in [1.82, 2.24) is 39.5 Å². The van der Waals surface area contributed by atoms with E-state index >= 15 is 0 Å². The van der Waals surface area contributed by atoms with E-state index in [1.165, 1.54) is 0 Å². The molecule has 4 aromatic rings. The van der Waals surface area contributed by atoms with Crippen molar-refractivity contribution in [3.63, 3.8) is 0 Å². The van der Waals surface area contributed by atoms with Gasteiger partial charge >= 0.3 is 18.2 Å². The normalized spacial score (nSPS) is 26.5. The Morgan fingerprint density at radius 3 is 1.35 bits per heavy atom. The van der Waals surface area contributed by atoms with Crippen molar-refractivity contribution in [2.75, 3.05) is 62.9 Å². The molecule has 2 unspecified atom stereocenters. The second-order valence-corrected chi connectivity index (χ2v) is 36.2. The van der Waals surface area contributed by atoms with Crippen LogP contribution in [-0.2, 0) is 66.0 Å². The van der Waals surface area contributed by atoms with Crippen LogP contribution in [-0.4, -0.2) is 198 Å². The Bertz CT molecular complexity index is 3390. The highest BCUT2D eigenvalue weighted by Crippen LogP contribution is 2.56. The molecule has 0 bridgehead atoms. The summed E-state index contributed by atoms with van der Waals surface area (Å²) in [5.74, 6) is -1.73. The topological polar surface area (TPSA) is 301 Å². The van der Waals surface area contributed by atoms with Crippen molar-refractivity contribution in [3.8, 4) is 0 Å². The average molecular weight is 1360 g/mol. The zero-order valence-corrected chi connectivity index (χ0v) is 58.7. The number of carbonyl (C=O) groups is 3. The zero-order valence-electron chi connectivity index (χ0n) is 55.4. The Labute approximate surface area is 541 Å². The fraction of sp³-hybridized carbons (Fsp3) is 0.783. The average Bonchev–Trinajstić information content (AvgIpc) is 1.60. The molecule has 31 heteroatoms. The van der Waals surface area contributed by atoms with E-state index in [0.29, 0.717) is 33.7 Å². The van der Waals surface area contributed by atoms with E-state index in [2.05, 4.69) is 30.1 Å². The number of rotatable bonds is 19. The summed E-state index contributed by atoms with van der Waals surface area (Å²) in [6.45, 7) is 29.7. The summed E-state index contributed by atoms with van der Waals surface area (Å²) < 4.78 is 96.9. The Kier molecular flexibility index (Phi) is 20.9. The molecule has 2 aliphatic carbocycles. The van der Waals surface area contributed by atoms with E-state index in [-0.39, 0.29) is 61.9 Å². The molecular formula is C60H92Cl2N10O17P2. The lowest BCUT2D eigenvalue weighted by atomic mass is 10.1. The molecule has 4 aromatic heterocycles. The molecule has 2 amide bonds. The Balaban J connectivity index is 0.000000216. The molecular weight excluding hydrogens is 1270 g/mol. The molecule has 1 N–H and O–H groups in total. The van der Waals surface area contributed by atoms with Crippen LogP contribution in [0.1, 0.15) is 167 Å². The molecule has 0 spiro atoms. The molecule has 508 valence electrons. The Hall–Kier alpha value is -4.21. The van der Waals surface area contributed by atoms with E-state index in [1.54, 1.807) is 92.8 Å². The largest absolute Gasteiger partial charge is 0.466 e. The van der Waals surface area contributed by atoms with E-state index < -0.39 is 115 Å². The predicted molar refractivity (Wildman–Crippen MR) is 339 cm³/mol. The first-order valence-electron chi connectivity index (χ1n) is 31.3. The number of aliphatic hydroxyl groups is 1. The maximum atomic E-state index is 13.6. The van der Waals surface area contributed by atoms with Crippen molar-refractivity contribution >= 4 is 89.3 Å². The van der Waals surface area contributed by atoms with Crippen molar-refractivity contribution in [3.05, 3.63) is 23.0 Å². The third kappa shape index (κ3) is 15.7. The molecule has 10 atom stereocenters. The van der Waals surface area contributed by atoms with Crippen molar-refractivity contribution in [2.45, 2.75) is 249 Å². The molecule has 4 saturated heterocycles. The summed E-state index contributed by atoms with van der Waals surface area (Å²) >= 11 is 13.0. The number of hydrogen-bond donors (Lipinski definition) is 1. The van der Waals surface area contributed by atoms with Crippen molar-refractivity contribution < 1.29 is 80.7 Å². The predicted octanol–water partition coefficient (Wildman–Crippen LogP) is 11.2. The van der Waals surface area contributed by atoms with E-state index in [1.807, 2.05) is 55.4 Å². The fourth-order valence-corrected chi connectivity index (χ4v) is 14.6. The van der Waals surface area contributed by atoms with Crippen LogP contribution in [0.4, 0.5) is 21.2 Å². The van der Waals surface area contributed by atoms with Gasteiger partial charge in [-0.05, 0) is 166 Å². The second kappa shape index (κ2) is 26.8. The van der Waals surface area contributed by atoms with E-state index in [4.69, 9.17) is 75.3 Å². The standard InChI is InChI=1S/C31H47ClN5O9P.C29H45ClN5O8P/c1-10-41-21(38)15-31(7,47(8,9)40)42-17-20-22-23(45-30(5,6)44-22)26(43-20)37-25-19(16-33-37)24(34-27(32)35-25)36(18-13-11-12-14-18)28(39)46-29(2,3)4;1-27(2,3)43-26(37)34(17-11-9-10-12-17)22-18-15-31-35(23(18)33-25(30)32-22)24-21-20(41-28(4,5)42-21)19(40-24)16-39-29(6,13-14-36)44(7,8)38/h16,18,20,22-23,26H,10-15,17H2,1-9H3;15,17,19-21,24,36H,9-14,16H2,1-8H3/t20-,22-,23-,26-,31?;19-,20-,21-,24-,29?/m11/s1. The van der Waals surface area contributed by atoms with Gasteiger partial charge in [-0.3, -0.25) is 14.6 Å². The molecule has 6 fully saturated rings. The van der Waals surface area contributed by atoms with Gasteiger partial charge in [-0.15, -0.1) is 0 Å². The highest BCUT2D eigenvalue weighted by Gasteiger charge is 2.59. The third-order valence-corrected chi connectivity index (χ3v) is 22.8. The van der Waals surface area contributed by atoms with Gasteiger partial charge in [0.25, 0.3) is 0 Å². The maximum absolute atomic E-state index is 13.6. The number of ether oxygens (including phenoxy) is 11. The highest BCUT2D eigenvalue weighted by molar-refractivity contribution is 7.64. The van der Waals surface area contributed by atoms with Crippen LogP contribution < -0.4 is 9.80 Å². The molecule has 2 saturated carbocycles. The smallest absolute Gasteiger partial charge is 0.416 e. The molecule has 6 aliphatic rings. The third-order valence-electron chi connectivity index (χ3n) is 17.3. The number of nitrogens with zero attached hydrogens (tertiary/aromatic N) is 10. The Morgan fingerprint density at radius 2 is 1.00 bits per heavy atom. The van der Waals surface area contributed by atoms with Gasteiger partial charge in [-0.25, -0.2) is 19.0 Å². The lowest BCUT2D eigenvalue weighted by Gasteiger charge is -2.35. The van der Waals surface area contributed by atoms with Gasteiger partial charge in [0, 0.05) is 25.1 Å². The molecule has 8 heterocycles. The summed E-state index contributed by atoms with van der Waals surface area (Å²) in [6.07, 6.45) is 4.06. The minimum absolute atomic E-state index is 0.0486. The summed E-state index contributed by atoms with van der Waals surface area (Å²) in [6, 6.07) is -0.231. The first-order chi connectivity index (χ1) is 42.3. The van der Waals surface area contributed by atoms with Crippen LogP contribution in [0, 0.1) is 0 Å². The van der Waals surface area contributed by atoms with Crippen molar-refractivity contribution in [1.29, 1.82) is 0 Å². The molecule has 4 aliphatic heterocycles. The number of aromatic nitrogens is 8. The van der Waals surface area contributed by atoms with Gasteiger partial charge in [0.1, 0.15) is 72.8 Å². The first kappa shape index (κ1) is 71.1. The minimum Gasteiger partial charge on any atom is -0.466 e. The van der Waals surface area contributed by atoms with Gasteiger partial charge in [0.15, 0.2) is 47.0 Å². The zero-order chi connectivity index (χ0) is 66.8. The maximum Gasteiger partial charge on any atom is 0.416 e. The van der Waals surface area contributed by atoms with E-state index in [0.717, 1.165) is 51.4 Å². The summed E-state index contributed by atoms with van der Waals surface area (Å²) in [7, 11) is -5.73. The number of aliphatic hydroxyl groups excluding tert-OH is 1. The molecule has 0 aromatic carbocycles. The number of halogens is 2. The SMILES string of the molecule is CC(C)(C)OC(=O)N(c1nc(Cl)nc2c1cnn2[C@@H]1O[C@H](COC(C)(CCO)P(C)(C)=O)[C@H]2OC(C)(C)O[C@H]21)C1CCCC1.CCOC(=O)CC(C)(OC[C@H]1O[C@@H](n2ncc3c(N(C(=O)OC(C)(C)C)C4CCCC4)nc(Cl)nc32)[C@@H]2OC(C)(C)O[C@@H]21)P(C)(C)=O. The quantitative estimate of drug-likeness (QED) is 0.0395. The monoisotopic (exact) mass is 1360 g/mol. The number of fused-ring (bicyclic) bond motifs is 4. The number of anilines is 2. The molecule has 27 nitrogen and oxygen atoms in total. The van der Waals surface area contributed by atoms with Gasteiger partial charge in [-0.2, -0.15) is 30.1 Å². The van der Waals surface area contributed by atoms with Gasteiger partial charge in [0.2, 0.25) is 10.6 Å². The van der Waals surface area contributed by atoms with Crippen LogP contribution in [0.5, 0.6) is 0 Å².